The van der Waals surface area contributed by atoms with Crippen molar-refractivity contribution in [3.8, 4) is 0 Å². The van der Waals surface area contributed by atoms with Gasteiger partial charge in [0.25, 0.3) is 4.59 Å². The third kappa shape index (κ3) is 5.78. The van der Waals surface area contributed by atoms with E-state index in [-0.39, 0.29) is 0 Å². The van der Waals surface area contributed by atoms with Crippen molar-refractivity contribution in [2.75, 3.05) is 0 Å². The van der Waals surface area contributed by atoms with Gasteiger partial charge in [-0.1, -0.05) is 34.8 Å². The molecule has 0 spiro atoms. The number of hydrogen-bond donors (Lipinski definition) is 0. The summed E-state index contributed by atoms with van der Waals surface area (Å²) < 4.78 is 45.5. The van der Waals surface area contributed by atoms with Crippen LogP contribution in [0.1, 0.15) is 0 Å². The molecule has 0 N–H and O–H groups in total. The second-order valence-corrected chi connectivity index (χ2v) is 3.11. The molecule has 68 valence electrons. The molecule has 0 aliphatic heterocycles. The maximum absolute atomic E-state index is 12.1. The van der Waals surface area contributed by atoms with Gasteiger partial charge >= 0.3 is 6.36 Å². The highest BCUT2D eigenvalue weighted by molar-refractivity contribution is 6.50. The SMILES string of the molecule is FC(F)(F)OC(Cl)C(F)(Cl)Cl. The summed E-state index contributed by atoms with van der Waals surface area (Å²) in [7, 11) is 0. The molecule has 0 rings (SSSR count). The number of rotatable bonds is 2. The summed E-state index contributed by atoms with van der Waals surface area (Å²) in [4.78, 5) is 0. The highest BCUT2D eigenvalue weighted by Crippen LogP contribution is 2.35. The van der Waals surface area contributed by atoms with Crippen LogP contribution >= 0.6 is 34.8 Å². The lowest BCUT2D eigenvalue weighted by Crippen LogP contribution is -2.30. The average molecular weight is 235 g/mol. The minimum absolute atomic E-state index is 2.48. The molecule has 1 unspecified atom stereocenters. The highest BCUT2D eigenvalue weighted by Gasteiger charge is 2.43. The zero-order valence-corrected chi connectivity index (χ0v) is 6.90. The van der Waals surface area contributed by atoms with Crippen LogP contribution in [0.15, 0.2) is 0 Å². The van der Waals surface area contributed by atoms with E-state index in [0.717, 1.165) is 0 Å². The zero-order chi connectivity index (χ0) is 9.28. The molecule has 11 heavy (non-hydrogen) atoms. The number of halogens is 7. The van der Waals surface area contributed by atoms with Crippen LogP contribution in [0.4, 0.5) is 17.6 Å². The van der Waals surface area contributed by atoms with Gasteiger partial charge < -0.3 is 0 Å². The van der Waals surface area contributed by atoms with E-state index in [1.807, 2.05) is 0 Å². The van der Waals surface area contributed by atoms with Crippen molar-refractivity contribution in [1.29, 1.82) is 0 Å². The molecule has 1 atom stereocenters. The summed E-state index contributed by atoms with van der Waals surface area (Å²) in [6, 6.07) is 0. The molecule has 0 amide bonds. The summed E-state index contributed by atoms with van der Waals surface area (Å²) in [6.07, 6.45) is -5.06. The molecule has 0 aromatic heterocycles. The average Bonchev–Trinajstić information content (AvgIpc) is 1.56. The van der Waals surface area contributed by atoms with E-state index in [1.54, 1.807) is 0 Å². The van der Waals surface area contributed by atoms with Crippen molar-refractivity contribution in [1.82, 2.24) is 0 Å². The standard InChI is InChI=1S/C3HCl3F4O/c4-1(2(5,6)7)11-3(8,9)10/h1H. The third-order valence-corrected chi connectivity index (χ3v) is 1.50. The maximum Gasteiger partial charge on any atom is 0.524 e. The molecule has 0 aliphatic carbocycles. The Bertz CT molecular complexity index is 130. The van der Waals surface area contributed by atoms with Crippen LogP contribution < -0.4 is 0 Å². The summed E-state index contributed by atoms with van der Waals surface area (Å²) in [5, 5.41) is 0. The predicted molar refractivity (Wildman–Crippen MR) is 32.3 cm³/mol. The van der Waals surface area contributed by atoms with Gasteiger partial charge in [0, 0.05) is 0 Å². The number of alkyl halides is 7. The Labute approximate surface area is 74.2 Å². The van der Waals surface area contributed by atoms with Crippen molar-refractivity contribution in [3.05, 3.63) is 0 Å². The van der Waals surface area contributed by atoms with Gasteiger partial charge in [0.1, 0.15) is 0 Å². The van der Waals surface area contributed by atoms with Gasteiger partial charge in [-0.15, -0.1) is 13.2 Å². The molecule has 0 saturated heterocycles. The van der Waals surface area contributed by atoms with Gasteiger partial charge in [-0.3, -0.25) is 4.74 Å². The Kier molecular flexibility index (Phi) is 3.69. The minimum Gasteiger partial charge on any atom is -0.266 e. The van der Waals surface area contributed by atoms with Gasteiger partial charge in [0.15, 0.2) is 0 Å². The lowest BCUT2D eigenvalue weighted by Gasteiger charge is -2.17. The van der Waals surface area contributed by atoms with Crippen molar-refractivity contribution in [2.45, 2.75) is 16.5 Å². The maximum atomic E-state index is 12.1. The molecule has 0 radical (unpaired) electrons. The van der Waals surface area contributed by atoms with E-state index in [4.69, 9.17) is 0 Å². The van der Waals surface area contributed by atoms with Crippen LogP contribution in [-0.2, 0) is 4.74 Å². The molecule has 8 heteroatoms. The second kappa shape index (κ2) is 3.51. The fraction of sp³-hybridized carbons (Fsp3) is 1.00. The van der Waals surface area contributed by atoms with Gasteiger partial charge in [-0.05, 0) is 0 Å². The molecule has 1 nitrogen and oxygen atoms in total. The van der Waals surface area contributed by atoms with Crippen LogP contribution in [0.5, 0.6) is 0 Å². The summed E-state index contributed by atoms with van der Waals surface area (Å²) in [6.45, 7) is 0. The van der Waals surface area contributed by atoms with E-state index in [1.165, 1.54) is 0 Å². The molecule has 0 saturated carbocycles. The van der Waals surface area contributed by atoms with Crippen LogP contribution in [-0.4, -0.2) is 16.5 Å². The summed E-state index contributed by atoms with van der Waals surface area (Å²) in [5.41, 5.74) is -2.48. The molecule has 0 aromatic carbocycles. The Morgan fingerprint density at radius 1 is 1.09 bits per heavy atom. The van der Waals surface area contributed by atoms with E-state index < -0.39 is 16.5 Å². The first-order chi connectivity index (χ1) is 4.63. The minimum atomic E-state index is -5.06. The lowest BCUT2D eigenvalue weighted by atomic mass is 10.8. The first kappa shape index (κ1) is 11.6. The number of hydrogen-bond acceptors (Lipinski definition) is 1. The van der Waals surface area contributed by atoms with Crippen molar-refractivity contribution >= 4 is 34.8 Å². The van der Waals surface area contributed by atoms with Crippen LogP contribution in [0.25, 0.3) is 0 Å². The van der Waals surface area contributed by atoms with Gasteiger partial charge in [0.05, 0.1) is 0 Å². The second-order valence-electron chi connectivity index (χ2n) is 1.42. The fourth-order valence-corrected chi connectivity index (χ4v) is 0.374. The van der Waals surface area contributed by atoms with Crippen LogP contribution in [0.3, 0.4) is 0 Å². The van der Waals surface area contributed by atoms with E-state index >= 15 is 0 Å². The van der Waals surface area contributed by atoms with Crippen LogP contribution in [0.2, 0.25) is 0 Å². The molecular formula is C3HCl3F4O. The van der Waals surface area contributed by atoms with Crippen LogP contribution in [0, 0.1) is 0 Å². The molecular weight excluding hydrogens is 234 g/mol. The smallest absolute Gasteiger partial charge is 0.266 e. The van der Waals surface area contributed by atoms with E-state index in [2.05, 4.69) is 39.5 Å². The zero-order valence-electron chi connectivity index (χ0n) is 4.63. The van der Waals surface area contributed by atoms with Crippen molar-refractivity contribution in [3.63, 3.8) is 0 Å². The predicted octanol–water partition coefficient (Wildman–Crippen LogP) is 3.19. The van der Waals surface area contributed by atoms with Gasteiger partial charge in [0.2, 0.25) is 5.56 Å². The fourth-order valence-electron chi connectivity index (χ4n) is 0.184. The molecule has 0 bridgehead atoms. The highest BCUT2D eigenvalue weighted by atomic mass is 35.5. The Morgan fingerprint density at radius 2 is 1.45 bits per heavy atom. The number of ether oxygens (including phenoxy) is 1. The lowest BCUT2D eigenvalue weighted by molar-refractivity contribution is -0.335. The van der Waals surface area contributed by atoms with Crippen molar-refractivity contribution in [2.24, 2.45) is 0 Å². The first-order valence-corrected chi connectivity index (χ1v) is 3.27. The molecule has 0 aromatic rings. The molecule has 0 heterocycles. The normalized spacial score (nSPS) is 16.6. The summed E-state index contributed by atoms with van der Waals surface area (Å²) in [5.74, 6) is 0. The Morgan fingerprint density at radius 3 is 1.55 bits per heavy atom. The first-order valence-electron chi connectivity index (χ1n) is 2.08. The van der Waals surface area contributed by atoms with Gasteiger partial charge in [-0.2, -0.15) is 0 Å². The summed E-state index contributed by atoms with van der Waals surface area (Å²) >= 11 is 13.7. The van der Waals surface area contributed by atoms with E-state index in [0.29, 0.717) is 0 Å². The third-order valence-electron chi connectivity index (χ3n) is 0.494. The molecule has 0 fully saturated rings. The Hall–Kier alpha value is 0.550. The van der Waals surface area contributed by atoms with Gasteiger partial charge in [-0.25, -0.2) is 4.39 Å². The monoisotopic (exact) mass is 234 g/mol. The largest absolute Gasteiger partial charge is 0.524 e. The molecule has 0 aliphatic rings. The van der Waals surface area contributed by atoms with Crippen molar-refractivity contribution < 1.29 is 22.3 Å². The Balaban J connectivity index is 3.99. The quantitative estimate of drug-likeness (QED) is 0.527. The van der Waals surface area contributed by atoms with E-state index in [9.17, 15) is 17.6 Å². The topological polar surface area (TPSA) is 9.23 Å².